The third-order valence-electron chi connectivity index (χ3n) is 6.99. The predicted molar refractivity (Wildman–Crippen MR) is 106 cm³/mol. The van der Waals surface area contributed by atoms with Gasteiger partial charge < -0.3 is 24.8 Å². The molecule has 1 fully saturated rings. The fraction of sp³-hybridized carbons (Fsp3) is 0.200. The molecule has 1 unspecified atom stereocenters. The second kappa shape index (κ2) is 7.28. The van der Waals surface area contributed by atoms with Crippen molar-refractivity contribution in [3.8, 4) is 11.1 Å². The molecule has 2 aliphatic carbocycles. The van der Waals surface area contributed by atoms with Crippen molar-refractivity contribution in [2.75, 3.05) is 0 Å². The van der Waals surface area contributed by atoms with E-state index in [1.807, 2.05) is 0 Å². The first-order chi connectivity index (χ1) is 12.8. The molecule has 1 heterocycles. The number of halogens is 2. The summed E-state index contributed by atoms with van der Waals surface area (Å²) in [5, 5.41) is 0. The Labute approximate surface area is 184 Å². The Bertz CT molecular complexity index is 1040. The van der Waals surface area contributed by atoms with Crippen LogP contribution in [0.1, 0.15) is 36.4 Å². The summed E-state index contributed by atoms with van der Waals surface area (Å²) in [7, 11) is 0. The number of benzene rings is 3. The molecule has 0 radical (unpaired) electrons. The molecule has 1 aliphatic heterocycles. The molecule has 0 aromatic heterocycles. The Hall–Kier alpha value is -1.14. The van der Waals surface area contributed by atoms with E-state index in [-0.39, 0.29) is 24.8 Å². The van der Waals surface area contributed by atoms with Gasteiger partial charge in [0.2, 0.25) is 0 Å². The largest absolute Gasteiger partial charge is 1.00 e. The minimum atomic E-state index is -2.38. The van der Waals surface area contributed by atoms with Crippen LogP contribution in [0.2, 0.25) is 8.26 Å². The standard InChI is InChI=1S/C13H9.C10H9.C2H4.2ClH.Zr/c1-3-7-12-10(5-1)9-11-6-2-4-8-13(11)12;1-8-6-7-9-4-2-3-5-10(8)9;1-2;;;/h1-9H;2-7H,1H3;1-2H2;2*1H;/q;;;;;+2/p-2. The molecule has 0 amide bonds. The van der Waals surface area contributed by atoms with Crippen molar-refractivity contribution in [3.05, 3.63) is 101 Å². The summed E-state index contributed by atoms with van der Waals surface area (Å²) in [5.74, 6) is 0. The molecular formula is C25H22Cl2Zr. The Balaban J connectivity index is 0.000000961. The van der Waals surface area contributed by atoms with Crippen LogP contribution in [0.3, 0.4) is 0 Å². The van der Waals surface area contributed by atoms with Gasteiger partial charge in [0.1, 0.15) is 0 Å². The van der Waals surface area contributed by atoms with E-state index in [4.69, 9.17) is 0 Å². The number of rotatable bonds is 2. The van der Waals surface area contributed by atoms with Crippen molar-refractivity contribution in [3.63, 3.8) is 0 Å². The van der Waals surface area contributed by atoms with E-state index in [9.17, 15) is 0 Å². The zero-order chi connectivity index (χ0) is 17.3. The smallest absolute Gasteiger partial charge is 1.00 e. The van der Waals surface area contributed by atoms with Crippen LogP contribution >= 0.6 is 0 Å². The number of allylic oxidation sites excluding steroid dienone is 2. The van der Waals surface area contributed by atoms with Gasteiger partial charge in [0.05, 0.1) is 0 Å². The van der Waals surface area contributed by atoms with E-state index in [0.717, 1.165) is 7.25 Å². The molecular weight excluding hydrogens is 462 g/mol. The molecule has 1 saturated heterocycles. The molecule has 3 aromatic rings. The van der Waals surface area contributed by atoms with Crippen molar-refractivity contribution in [1.82, 2.24) is 0 Å². The van der Waals surface area contributed by atoms with Gasteiger partial charge in [-0.25, -0.2) is 0 Å². The predicted octanol–water partition coefficient (Wildman–Crippen LogP) is 0.927. The molecule has 1 atom stereocenters. The molecule has 3 aliphatic rings. The fourth-order valence-corrected chi connectivity index (χ4v) is 22.3. The van der Waals surface area contributed by atoms with Crippen molar-refractivity contribution in [2.45, 2.75) is 22.4 Å². The Morgan fingerprint density at radius 2 is 1.11 bits per heavy atom. The summed E-state index contributed by atoms with van der Waals surface area (Å²) < 4.78 is 4.55. The molecule has 3 aromatic carbocycles. The van der Waals surface area contributed by atoms with Gasteiger partial charge >= 0.3 is 161 Å². The van der Waals surface area contributed by atoms with Crippen LogP contribution < -0.4 is 24.8 Å². The normalized spacial score (nSPS) is 19.0. The van der Waals surface area contributed by atoms with Crippen molar-refractivity contribution >= 4 is 5.57 Å². The summed E-state index contributed by atoms with van der Waals surface area (Å²) in [4.78, 5) is 0. The van der Waals surface area contributed by atoms with Gasteiger partial charge in [-0.05, 0) is 0 Å². The summed E-state index contributed by atoms with van der Waals surface area (Å²) in [6, 6.07) is 27.7. The maximum atomic E-state index is 2.65. The van der Waals surface area contributed by atoms with Crippen LogP contribution in [0.4, 0.5) is 0 Å². The van der Waals surface area contributed by atoms with Gasteiger partial charge in [0, 0.05) is 0 Å². The molecule has 0 spiro atoms. The van der Waals surface area contributed by atoms with Gasteiger partial charge in [-0.3, -0.25) is 0 Å². The zero-order valence-electron chi connectivity index (χ0n) is 15.8. The second-order valence-corrected chi connectivity index (χ2v) is 19.7. The number of fused-ring (bicyclic) bond motifs is 4. The minimum Gasteiger partial charge on any atom is -1.00 e. The maximum Gasteiger partial charge on any atom is -1.00 e. The zero-order valence-corrected chi connectivity index (χ0v) is 19.8. The van der Waals surface area contributed by atoms with Crippen LogP contribution in [0.5, 0.6) is 0 Å². The molecule has 28 heavy (non-hydrogen) atoms. The summed E-state index contributed by atoms with van der Waals surface area (Å²) in [6.07, 6.45) is 2.65. The van der Waals surface area contributed by atoms with E-state index >= 15 is 0 Å². The quantitative estimate of drug-likeness (QED) is 0.508. The van der Waals surface area contributed by atoms with Crippen molar-refractivity contribution in [1.29, 1.82) is 0 Å². The van der Waals surface area contributed by atoms with E-state index in [0.29, 0.717) is 0 Å². The van der Waals surface area contributed by atoms with Crippen LogP contribution in [-0.4, -0.2) is 0 Å². The second-order valence-electron chi connectivity index (χ2n) is 8.26. The third-order valence-corrected chi connectivity index (χ3v) is 19.6. The van der Waals surface area contributed by atoms with Gasteiger partial charge in [-0.2, -0.15) is 0 Å². The number of hydrogen-bond acceptors (Lipinski definition) is 0. The molecule has 140 valence electrons. The van der Waals surface area contributed by atoms with Crippen molar-refractivity contribution < 1.29 is 45.1 Å². The summed E-state index contributed by atoms with van der Waals surface area (Å²) in [5.41, 5.74) is 10.9. The average Bonchev–Trinajstić information content (AvgIpc) is 3.31. The van der Waals surface area contributed by atoms with E-state index in [2.05, 4.69) is 85.8 Å². The monoisotopic (exact) mass is 482 g/mol. The molecule has 0 bridgehead atoms. The average molecular weight is 485 g/mol. The SMILES string of the molecule is CC1=C[CH]([Zr+2]2([CH]3c4ccccc4-c4ccccc43)[CH2][CH2]2)c2ccccc21.[Cl-].[Cl-]. The van der Waals surface area contributed by atoms with E-state index in [1.165, 1.54) is 30.5 Å². The molecule has 6 rings (SSSR count). The first-order valence-corrected chi connectivity index (χ1v) is 16.1. The van der Waals surface area contributed by atoms with Crippen LogP contribution in [0.25, 0.3) is 16.7 Å². The van der Waals surface area contributed by atoms with Crippen LogP contribution in [0, 0.1) is 0 Å². The van der Waals surface area contributed by atoms with Gasteiger partial charge in [-0.1, -0.05) is 0 Å². The van der Waals surface area contributed by atoms with Gasteiger partial charge in [0.25, 0.3) is 0 Å². The first kappa shape index (κ1) is 20.1. The summed E-state index contributed by atoms with van der Waals surface area (Å²) >= 11 is -2.38. The van der Waals surface area contributed by atoms with Gasteiger partial charge in [0.15, 0.2) is 0 Å². The Morgan fingerprint density at radius 3 is 1.64 bits per heavy atom. The van der Waals surface area contributed by atoms with E-state index < -0.39 is 20.3 Å². The van der Waals surface area contributed by atoms with E-state index in [1.54, 1.807) is 16.7 Å². The van der Waals surface area contributed by atoms with Crippen LogP contribution in [0.15, 0.2) is 78.9 Å². The number of hydrogen-bond donors (Lipinski definition) is 0. The molecule has 0 nitrogen and oxygen atoms in total. The molecule has 3 heteroatoms. The fourth-order valence-electron chi connectivity index (χ4n) is 5.73. The maximum absolute atomic E-state index is 2.65. The third kappa shape index (κ3) is 2.67. The van der Waals surface area contributed by atoms with Crippen molar-refractivity contribution in [2.24, 2.45) is 0 Å². The first-order valence-electron chi connectivity index (χ1n) is 9.75. The summed E-state index contributed by atoms with van der Waals surface area (Å²) in [6.45, 7) is 2.32. The molecule has 0 saturated carbocycles. The molecule has 0 N–H and O–H groups in total. The van der Waals surface area contributed by atoms with Crippen LogP contribution in [-0.2, 0) is 20.3 Å². The Morgan fingerprint density at radius 1 is 0.643 bits per heavy atom. The Kier molecular flexibility index (Phi) is 5.24. The minimum absolute atomic E-state index is 0. The topological polar surface area (TPSA) is 0 Å². The van der Waals surface area contributed by atoms with Gasteiger partial charge in [-0.15, -0.1) is 0 Å².